The number of carbonyl (C=O) groups excluding carboxylic acids is 2. The summed E-state index contributed by atoms with van der Waals surface area (Å²) in [5.41, 5.74) is -2.01. The normalized spacial score (nSPS) is 19.8. The second-order valence-electron chi connectivity index (χ2n) is 6.37. The van der Waals surface area contributed by atoms with E-state index in [1.165, 1.54) is 16.2 Å². The summed E-state index contributed by atoms with van der Waals surface area (Å²) in [6.07, 6.45) is 1.72. The van der Waals surface area contributed by atoms with Gasteiger partial charge in [0.2, 0.25) is 5.60 Å². The third-order valence-corrected chi connectivity index (χ3v) is 5.64. The quantitative estimate of drug-likeness (QED) is 0.597. The number of aromatic nitrogens is 1. The number of aliphatic hydroxyl groups is 1. The van der Waals surface area contributed by atoms with Crippen molar-refractivity contribution in [1.82, 2.24) is 10.3 Å². The predicted octanol–water partition coefficient (Wildman–Crippen LogP) is 2.29. The number of nitrogens with one attached hydrogen (secondary N) is 2. The molecule has 1 aliphatic heterocycles. The topological polar surface area (TPSA) is 85.4 Å². The summed E-state index contributed by atoms with van der Waals surface area (Å²) in [5, 5.41) is 14.6. The highest BCUT2D eigenvalue weighted by Crippen LogP contribution is 2.36. The Morgan fingerprint density at radius 3 is 2.74 bits per heavy atom. The van der Waals surface area contributed by atoms with E-state index >= 15 is 0 Å². The molecule has 1 atom stereocenters. The van der Waals surface area contributed by atoms with Crippen LogP contribution in [0.25, 0.3) is 10.2 Å². The van der Waals surface area contributed by atoms with Crippen molar-refractivity contribution in [3.8, 4) is 0 Å². The van der Waals surface area contributed by atoms with Crippen LogP contribution in [0.2, 0.25) is 0 Å². The van der Waals surface area contributed by atoms with Crippen LogP contribution >= 0.6 is 11.3 Å². The summed E-state index contributed by atoms with van der Waals surface area (Å²) in [4.78, 5) is 30.4. The van der Waals surface area contributed by atoms with Crippen LogP contribution in [0.1, 0.15) is 12.0 Å². The van der Waals surface area contributed by atoms with Crippen molar-refractivity contribution < 1.29 is 23.5 Å². The van der Waals surface area contributed by atoms with Gasteiger partial charge < -0.3 is 20.3 Å². The Kier molecular flexibility index (Phi) is 4.20. The molecular weight excluding hydrogens is 376 g/mol. The molecule has 3 N–H and O–H groups in total. The van der Waals surface area contributed by atoms with Gasteiger partial charge in [-0.1, -0.05) is 11.3 Å². The third-order valence-electron chi connectivity index (χ3n) is 4.54. The SMILES string of the molecule is O=C(NCc1cc(F)cc(F)c1)C1(O)CCN(c2cc3cc[nH]c3s2)C1=O. The minimum Gasteiger partial charge on any atom is -0.372 e. The zero-order valence-corrected chi connectivity index (χ0v) is 14.8. The van der Waals surface area contributed by atoms with Crippen molar-refractivity contribution in [3.05, 3.63) is 53.7 Å². The van der Waals surface area contributed by atoms with Gasteiger partial charge in [0, 0.05) is 37.2 Å². The Morgan fingerprint density at radius 1 is 1.30 bits per heavy atom. The summed E-state index contributed by atoms with van der Waals surface area (Å²) in [6.45, 7) is -0.00836. The highest BCUT2D eigenvalue weighted by atomic mass is 32.1. The standard InChI is InChI=1S/C18H15F2N3O3S/c19-12-5-10(6-13(20)8-12)9-22-16(24)18(26)2-4-23(17(18)25)14-7-11-1-3-21-15(11)27-14/h1,3,5-8,21,26H,2,4,9H2,(H,22,24). The lowest BCUT2D eigenvalue weighted by atomic mass is 10.0. The molecule has 1 aromatic carbocycles. The summed E-state index contributed by atoms with van der Waals surface area (Å²) in [5.74, 6) is -3.14. The van der Waals surface area contributed by atoms with Gasteiger partial charge >= 0.3 is 0 Å². The van der Waals surface area contributed by atoms with Crippen LogP contribution in [0.3, 0.4) is 0 Å². The number of H-pyrrole nitrogens is 1. The maximum Gasteiger partial charge on any atom is 0.269 e. The van der Waals surface area contributed by atoms with Crippen LogP contribution < -0.4 is 10.2 Å². The van der Waals surface area contributed by atoms with Crippen LogP contribution in [-0.2, 0) is 16.1 Å². The van der Waals surface area contributed by atoms with Crippen LogP contribution in [-0.4, -0.2) is 34.1 Å². The zero-order valence-electron chi connectivity index (χ0n) is 14.0. The number of halogens is 2. The van der Waals surface area contributed by atoms with Gasteiger partial charge in [-0.15, -0.1) is 0 Å². The number of carbonyl (C=O) groups is 2. The number of nitrogens with zero attached hydrogens (tertiary/aromatic N) is 1. The summed E-state index contributed by atoms with van der Waals surface area (Å²) in [7, 11) is 0. The first-order chi connectivity index (χ1) is 12.9. The number of hydrogen-bond acceptors (Lipinski definition) is 4. The highest BCUT2D eigenvalue weighted by Gasteiger charge is 2.52. The molecule has 0 spiro atoms. The van der Waals surface area contributed by atoms with E-state index in [0.29, 0.717) is 5.00 Å². The second-order valence-corrected chi connectivity index (χ2v) is 7.40. The van der Waals surface area contributed by atoms with E-state index in [-0.39, 0.29) is 25.1 Å². The van der Waals surface area contributed by atoms with Gasteiger partial charge in [0.05, 0.1) is 0 Å². The first-order valence-electron chi connectivity index (χ1n) is 8.21. The molecule has 4 rings (SSSR count). The Morgan fingerprint density at radius 2 is 2.04 bits per heavy atom. The van der Waals surface area contributed by atoms with Crippen molar-refractivity contribution in [2.24, 2.45) is 0 Å². The van der Waals surface area contributed by atoms with Crippen LogP contribution in [0, 0.1) is 11.6 Å². The minimum absolute atomic E-state index is 0.0684. The molecule has 140 valence electrons. The molecule has 0 aliphatic carbocycles. The summed E-state index contributed by atoms with van der Waals surface area (Å²) >= 11 is 1.35. The van der Waals surface area contributed by atoms with E-state index in [9.17, 15) is 23.5 Å². The number of rotatable bonds is 4. The zero-order chi connectivity index (χ0) is 19.2. The van der Waals surface area contributed by atoms with E-state index in [1.54, 1.807) is 6.20 Å². The molecule has 1 aliphatic rings. The number of amides is 2. The number of fused-ring (bicyclic) bond motifs is 1. The van der Waals surface area contributed by atoms with Gasteiger partial charge in [-0.3, -0.25) is 9.59 Å². The fraction of sp³-hybridized carbons (Fsp3) is 0.222. The predicted molar refractivity (Wildman–Crippen MR) is 96.3 cm³/mol. The van der Waals surface area contributed by atoms with Crippen LogP contribution in [0.5, 0.6) is 0 Å². The van der Waals surface area contributed by atoms with Gasteiger partial charge in [0.1, 0.15) is 21.5 Å². The average Bonchev–Trinajstić information content (AvgIpc) is 3.27. The number of anilines is 1. The fourth-order valence-corrected chi connectivity index (χ4v) is 4.19. The molecule has 1 fully saturated rings. The molecule has 1 saturated heterocycles. The van der Waals surface area contributed by atoms with E-state index in [1.807, 2.05) is 12.1 Å². The van der Waals surface area contributed by atoms with E-state index in [2.05, 4.69) is 10.3 Å². The molecule has 1 unspecified atom stereocenters. The fourth-order valence-electron chi connectivity index (χ4n) is 3.14. The number of thiophene rings is 1. The van der Waals surface area contributed by atoms with Gasteiger partial charge in [0.15, 0.2) is 0 Å². The van der Waals surface area contributed by atoms with E-state index < -0.39 is 29.0 Å². The van der Waals surface area contributed by atoms with Crippen molar-refractivity contribution in [3.63, 3.8) is 0 Å². The number of hydrogen-bond donors (Lipinski definition) is 3. The largest absolute Gasteiger partial charge is 0.372 e. The molecule has 2 amide bonds. The van der Waals surface area contributed by atoms with Crippen molar-refractivity contribution in [2.75, 3.05) is 11.4 Å². The Bertz CT molecular complexity index is 999. The Hall–Kier alpha value is -2.78. The van der Waals surface area contributed by atoms with Gasteiger partial charge in [-0.25, -0.2) is 8.78 Å². The molecular formula is C18H15F2N3O3S. The number of benzene rings is 1. The molecule has 2 aromatic heterocycles. The molecule has 6 nitrogen and oxygen atoms in total. The highest BCUT2D eigenvalue weighted by molar-refractivity contribution is 7.22. The lowest BCUT2D eigenvalue weighted by molar-refractivity contribution is -0.149. The van der Waals surface area contributed by atoms with Crippen molar-refractivity contribution in [1.29, 1.82) is 0 Å². The Labute approximate surface area is 156 Å². The van der Waals surface area contributed by atoms with Gasteiger partial charge in [0.25, 0.3) is 11.8 Å². The monoisotopic (exact) mass is 391 g/mol. The molecule has 9 heteroatoms. The van der Waals surface area contributed by atoms with Gasteiger partial charge in [-0.2, -0.15) is 0 Å². The second kappa shape index (κ2) is 6.43. The maximum absolute atomic E-state index is 13.2. The Balaban J connectivity index is 1.48. The molecule has 3 heterocycles. The molecule has 27 heavy (non-hydrogen) atoms. The summed E-state index contributed by atoms with van der Waals surface area (Å²) < 4.78 is 26.5. The van der Waals surface area contributed by atoms with Crippen molar-refractivity contribution in [2.45, 2.75) is 18.6 Å². The van der Waals surface area contributed by atoms with E-state index in [4.69, 9.17) is 0 Å². The molecule has 0 saturated carbocycles. The number of aromatic amines is 1. The molecule has 0 radical (unpaired) electrons. The average molecular weight is 391 g/mol. The lowest BCUT2D eigenvalue weighted by Gasteiger charge is -2.21. The van der Waals surface area contributed by atoms with E-state index in [0.717, 1.165) is 28.4 Å². The maximum atomic E-state index is 13.2. The summed E-state index contributed by atoms with van der Waals surface area (Å²) in [6, 6.07) is 6.55. The van der Waals surface area contributed by atoms with Crippen LogP contribution in [0.4, 0.5) is 13.8 Å². The molecule has 3 aromatic rings. The van der Waals surface area contributed by atoms with Crippen molar-refractivity contribution >= 4 is 38.4 Å². The van der Waals surface area contributed by atoms with Crippen LogP contribution in [0.15, 0.2) is 36.5 Å². The lowest BCUT2D eigenvalue weighted by Crippen LogP contribution is -2.52. The first-order valence-corrected chi connectivity index (χ1v) is 9.03. The first kappa shape index (κ1) is 17.6. The third kappa shape index (κ3) is 3.08. The van der Waals surface area contributed by atoms with Gasteiger partial charge in [-0.05, 0) is 29.8 Å². The minimum atomic E-state index is -2.20. The smallest absolute Gasteiger partial charge is 0.269 e. The molecule has 0 bridgehead atoms.